The van der Waals surface area contributed by atoms with Gasteiger partial charge in [0.25, 0.3) is 5.91 Å². The van der Waals surface area contributed by atoms with E-state index in [0.29, 0.717) is 24.6 Å². The molecule has 25 heavy (non-hydrogen) atoms. The minimum Gasteiger partial charge on any atom is -0.350 e. The van der Waals surface area contributed by atoms with Gasteiger partial charge in [-0.2, -0.15) is 0 Å². The van der Waals surface area contributed by atoms with Gasteiger partial charge in [-0.1, -0.05) is 24.3 Å². The quantitative estimate of drug-likeness (QED) is 0.725. The van der Waals surface area contributed by atoms with Crippen molar-refractivity contribution in [2.75, 3.05) is 5.32 Å². The first-order valence-corrected chi connectivity index (χ1v) is 8.00. The van der Waals surface area contributed by atoms with E-state index < -0.39 is 0 Å². The molecule has 2 aromatic heterocycles. The number of hydrogen-bond acceptors (Lipinski definition) is 5. The fourth-order valence-corrected chi connectivity index (χ4v) is 2.30. The highest BCUT2D eigenvalue weighted by atomic mass is 16.1. The second-order valence-electron chi connectivity index (χ2n) is 5.61. The predicted octanol–water partition coefficient (Wildman–Crippen LogP) is 2.72. The van der Waals surface area contributed by atoms with Gasteiger partial charge in [-0.05, 0) is 35.7 Å². The van der Waals surface area contributed by atoms with Crippen LogP contribution in [0.5, 0.6) is 0 Å². The highest BCUT2D eigenvalue weighted by molar-refractivity contribution is 5.93. The number of benzene rings is 1. The Bertz CT molecular complexity index is 834. The maximum absolute atomic E-state index is 12.2. The van der Waals surface area contributed by atoms with Crippen LogP contribution in [-0.2, 0) is 13.1 Å². The number of aryl methyl sites for hydroxylation is 1. The van der Waals surface area contributed by atoms with Crippen molar-refractivity contribution in [3.63, 3.8) is 0 Å². The Morgan fingerprint density at radius 1 is 1.00 bits per heavy atom. The van der Waals surface area contributed by atoms with Gasteiger partial charge in [-0.15, -0.1) is 0 Å². The lowest BCUT2D eigenvalue weighted by Gasteiger charge is -2.08. The standard InChI is InChI=1S/C19H19N5O/c1-14-4-2-3-5-16(14)11-21-18(25)17-12-23-19(24-13-17)22-10-15-6-8-20-9-7-15/h2-9,12-13H,10-11H2,1H3,(H,21,25)(H,22,23,24). The molecule has 6 nitrogen and oxygen atoms in total. The third kappa shape index (κ3) is 4.60. The van der Waals surface area contributed by atoms with Gasteiger partial charge in [0.1, 0.15) is 0 Å². The Hall–Kier alpha value is -3.28. The van der Waals surface area contributed by atoms with Crippen molar-refractivity contribution >= 4 is 11.9 Å². The van der Waals surface area contributed by atoms with E-state index in [2.05, 4.69) is 25.6 Å². The van der Waals surface area contributed by atoms with E-state index in [4.69, 9.17) is 0 Å². The maximum atomic E-state index is 12.2. The van der Waals surface area contributed by atoms with Crippen molar-refractivity contribution < 1.29 is 4.79 Å². The molecule has 0 spiro atoms. The molecule has 0 radical (unpaired) electrons. The van der Waals surface area contributed by atoms with Crippen molar-refractivity contribution in [1.29, 1.82) is 0 Å². The summed E-state index contributed by atoms with van der Waals surface area (Å²) < 4.78 is 0. The summed E-state index contributed by atoms with van der Waals surface area (Å²) in [5.74, 6) is 0.288. The lowest BCUT2D eigenvalue weighted by atomic mass is 10.1. The summed E-state index contributed by atoms with van der Waals surface area (Å²) in [5, 5.41) is 6.00. The summed E-state index contributed by atoms with van der Waals surface area (Å²) in [6, 6.07) is 11.8. The molecule has 1 aromatic carbocycles. The lowest BCUT2D eigenvalue weighted by molar-refractivity contribution is 0.0950. The third-order valence-electron chi connectivity index (χ3n) is 3.81. The molecule has 0 aliphatic heterocycles. The average molecular weight is 333 g/mol. The fraction of sp³-hybridized carbons (Fsp3) is 0.158. The topological polar surface area (TPSA) is 79.8 Å². The van der Waals surface area contributed by atoms with E-state index >= 15 is 0 Å². The molecule has 0 bridgehead atoms. The maximum Gasteiger partial charge on any atom is 0.254 e. The summed E-state index contributed by atoms with van der Waals surface area (Å²) >= 11 is 0. The summed E-state index contributed by atoms with van der Waals surface area (Å²) in [6.07, 6.45) is 6.52. The fourth-order valence-electron chi connectivity index (χ4n) is 2.30. The first kappa shape index (κ1) is 16.6. The SMILES string of the molecule is Cc1ccccc1CNC(=O)c1cnc(NCc2ccncc2)nc1. The number of carbonyl (C=O) groups is 1. The minimum absolute atomic E-state index is 0.191. The van der Waals surface area contributed by atoms with Crippen LogP contribution in [0.25, 0.3) is 0 Å². The monoisotopic (exact) mass is 333 g/mol. The molecule has 0 saturated carbocycles. The summed E-state index contributed by atoms with van der Waals surface area (Å²) in [5.41, 5.74) is 3.75. The van der Waals surface area contributed by atoms with Gasteiger partial charge in [-0.3, -0.25) is 9.78 Å². The predicted molar refractivity (Wildman–Crippen MR) is 95.9 cm³/mol. The normalized spacial score (nSPS) is 10.3. The van der Waals surface area contributed by atoms with Gasteiger partial charge in [-0.25, -0.2) is 9.97 Å². The van der Waals surface area contributed by atoms with Gasteiger partial charge in [0.2, 0.25) is 5.95 Å². The van der Waals surface area contributed by atoms with Gasteiger partial charge >= 0.3 is 0 Å². The molecule has 0 aliphatic rings. The van der Waals surface area contributed by atoms with Crippen LogP contribution < -0.4 is 10.6 Å². The Morgan fingerprint density at radius 3 is 2.44 bits per heavy atom. The molecule has 0 saturated heterocycles. The van der Waals surface area contributed by atoms with Crippen LogP contribution in [-0.4, -0.2) is 20.9 Å². The van der Waals surface area contributed by atoms with Crippen molar-refractivity contribution in [3.05, 3.63) is 83.4 Å². The van der Waals surface area contributed by atoms with E-state index in [0.717, 1.165) is 16.7 Å². The number of anilines is 1. The number of aromatic nitrogens is 3. The summed E-state index contributed by atoms with van der Waals surface area (Å²) in [7, 11) is 0. The van der Waals surface area contributed by atoms with Crippen LogP contribution in [0.1, 0.15) is 27.0 Å². The number of rotatable bonds is 6. The van der Waals surface area contributed by atoms with Gasteiger partial charge in [0, 0.05) is 37.9 Å². The second-order valence-corrected chi connectivity index (χ2v) is 5.61. The van der Waals surface area contributed by atoms with Crippen LogP contribution in [0.4, 0.5) is 5.95 Å². The third-order valence-corrected chi connectivity index (χ3v) is 3.81. The first-order valence-electron chi connectivity index (χ1n) is 8.00. The van der Waals surface area contributed by atoms with E-state index in [1.165, 1.54) is 12.4 Å². The molecule has 2 N–H and O–H groups in total. The Balaban J connectivity index is 1.54. The molecular formula is C19H19N5O. The van der Waals surface area contributed by atoms with Crippen LogP contribution >= 0.6 is 0 Å². The molecule has 0 atom stereocenters. The number of carbonyl (C=O) groups excluding carboxylic acids is 1. The second kappa shape index (κ2) is 8.01. The zero-order chi connectivity index (χ0) is 17.5. The molecule has 3 rings (SSSR count). The highest BCUT2D eigenvalue weighted by Gasteiger charge is 2.07. The summed E-state index contributed by atoms with van der Waals surface area (Å²) in [6.45, 7) is 3.10. The average Bonchev–Trinajstić information content (AvgIpc) is 2.67. The molecule has 0 unspecified atom stereocenters. The van der Waals surface area contributed by atoms with Gasteiger partial charge in [0.05, 0.1) is 5.56 Å². The zero-order valence-electron chi connectivity index (χ0n) is 13.9. The smallest absolute Gasteiger partial charge is 0.254 e. The number of nitrogens with one attached hydrogen (secondary N) is 2. The molecule has 126 valence electrons. The number of nitrogens with zero attached hydrogens (tertiary/aromatic N) is 3. The van der Waals surface area contributed by atoms with Crippen LogP contribution in [0.3, 0.4) is 0 Å². The van der Waals surface area contributed by atoms with Crippen molar-refractivity contribution in [3.8, 4) is 0 Å². The largest absolute Gasteiger partial charge is 0.350 e. The number of pyridine rings is 1. The molecule has 0 fully saturated rings. The lowest BCUT2D eigenvalue weighted by Crippen LogP contribution is -2.23. The van der Waals surface area contributed by atoms with Gasteiger partial charge < -0.3 is 10.6 Å². The molecule has 1 amide bonds. The van der Waals surface area contributed by atoms with E-state index in [1.807, 2.05) is 43.3 Å². The first-order chi connectivity index (χ1) is 12.2. The zero-order valence-corrected chi connectivity index (χ0v) is 13.9. The van der Waals surface area contributed by atoms with Gasteiger partial charge in [0.15, 0.2) is 0 Å². The van der Waals surface area contributed by atoms with Crippen LogP contribution in [0.15, 0.2) is 61.2 Å². The van der Waals surface area contributed by atoms with Crippen molar-refractivity contribution in [1.82, 2.24) is 20.3 Å². The molecule has 6 heteroatoms. The number of amides is 1. The molecule has 3 aromatic rings. The molecule has 0 aliphatic carbocycles. The minimum atomic E-state index is -0.191. The van der Waals surface area contributed by atoms with Crippen LogP contribution in [0.2, 0.25) is 0 Å². The van der Waals surface area contributed by atoms with E-state index in [1.54, 1.807) is 12.4 Å². The van der Waals surface area contributed by atoms with Crippen molar-refractivity contribution in [2.45, 2.75) is 20.0 Å². The number of hydrogen-bond donors (Lipinski definition) is 2. The Labute approximate surface area is 146 Å². The van der Waals surface area contributed by atoms with E-state index in [-0.39, 0.29) is 5.91 Å². The summed E-state index contributed by atoms with van der Waals surface area (Å²) in [4.78, 5) is 24.6. The Morgan fingerprint density at radius 2 is 1.72 bits per heavy atom. The van der Waals surface area contributed by atoms with E-state index in [9.17, 15) is 4.79 Å². The Kier molecular flexibility index (Phi) is 5.31. The molecular weight excluding hydrogens is 314 g/mol. The molecule has 2 heterocycles. The highest BCUT2D eigenvalue weighted by Crippen LogP contribution is 2.07. The van der Waals surface area contributed by atoms with Crippen molar-refractivity contribution in [2.24, 2.45) is 0 Å². The van der Waals surface area contributed by atoms with Crippen LogP contribution in [0, 0.1) is 6.92 Å².